The SMILES string of the molecule is COC1CC2[C@H]3C[C@H]3C(C1)N2C. The molecule has 0 spiro atoms. The molecule has 68 valence electrons. The van der Waals surface area contributed by atoms with Crippen LogP contribution in [0.3, 0.4) is 0 Å². The van der Waals surface area contributed by atoms with Crippen LogP contribution in [-0.2, 0) is 4.74 Å². The first-order chi connectivity index (χ1) is 5.81. The number of rotatable bonds is 1. The summed E-state index contributed by atoms with van der Waals surface area (Å²) in [4.78, 5) is 2.61. The van der Waals surface area contributed by atoms with Crippen LogP contribution in [0.2, 0.25) is 0 Å². The van der Waals surface area contributed by atoms with E-state index in [1.807, 2.05) is 7.11 Å². The van der Waals surface area contributed by atoms with Crippen LogP contribution in [0.5, 0.6) is 0 Å². The van der Waals surface area contributed by atoms with Crippen LogP contribution in [0.15, 0.2) is 0 Å². The summed E-state index contributed by atoms with van der Waals surface area (Å²) in [5.41, 5.74) is 0. The van der Waals surface area contributed by atoms with E-state index < -0.39 is 0 Å². The molecule has 1 saturated carbocycles. The zero-order valence-electron chi connectivity index (χ0n) is 7.86. The molecular formula is C10H17NO. The summed E-state index contributed by atoms with van der Waals surface area (Å²) >= 11 is 0. The lowest BCUT2D eigenvalue weighted by atomic mass is 9.96. The highest BCUT2D eigenvalue weighted by molar-refractivity contribution is 5.12. The zero-order chi connectivity index (χ0) is 8.29. The van der Waals surface area contributed by atoms with E-state index in [2.05, 4.69) is 11.9 Å². The predicted molar refractivity (Wildman–Crippen MR) is 47.0 cm³/mol. The van der Waals surface area contributed by atoms with Crippen LogP contribution in [0.25, 0.3) is 0 Å². The van der Waals surface area contributed by atoms with Crippen molar-refractivity contribution >= 4 is 0 Å². The quantitative estimate of drug-likeness (QED) is 0.580. The predicted octanol–water partition coefficient (Wildman–Crippen LogP) is 1.11. The second-order valence-corrected chi connectivity index (χ2v) is 4.69. The monoisotopic (exact) mass is 167 g/mol. The van der Waals surface area contributed by atoms with Crippen molar-refractivity contribution in [2.45, 2.75) is 37.5 Å². The van der Waals surface area contributed by atoms with Crippen molar-refractivity contribution in [2.24, 2.45) is 11.8 Å². The van der Waals surface area contributed by atoms with Crippen molar-refractivity contribution in [3.8, 4) is 0 Å². The van der Waals surface area contributed by atoms with Crippen molar-refractivity contribution in [1.82, 2.24) is 4.90 Å². The minimum Gasteiger partial charge on any atom is -0.381 e. The summed E-state index contributed by atoms with van der Waals surface area (Å²) in [5.74, 6) is 2.08. The summed E-state index contributed by atoms with van der Waals surface area (Å²) in [6.45, 7) is 0. The second kappa shape index (κ2) is 2.24. The second-order valence-electron chi connectivity index (χ2n) is 4.69. The highest BCUT2D eigenvalue weighted by Crippen LogP contribution is 2.57. The van der Waals surface area contributed by atoms with Gasteiger partial charge in [-0.25, -0.2) is 0 Å². The summed E-state index contributed by atoms with van der Waals surface area (Å²) in [7, 11) is 4.16. The number of fused-ring (bicyclic) bond motifs is 5. The van der Waals surface area contributed by atoms with E-state index in [9.17, 15) is 0 Å². The maximum absolute atomic E-state index is 5.46. The van der Waals surface area contributed by atoms with Gasteiger partial charge in [-0.2, -0.15) is 0 Å². The smallest absolute Gasteiger partial charge is 0.0601 e. The molecule has 3 rings (SSSR count). The lowest BCUT2D eigenvalue weighted by Crippen LogP contribution is -2.45. The molecule has 0 aromatic heterocycles. The molecule has 2 nitrogen and oxygen atoms in total. The normalized spacial score (nSPS) is 57.0. The van der Waals surface area contributed by atoms with Gasteiger partial charge in [0.2, 0.25) is 0 Å². The molecule has 2 saturated heterocycles. The molecule has 0 amide bonds. The van der Waals surface area contributed by atoms with Gasteiger partial charge >= 0.3 is 0 Å². The van der Waals surface area contributed by atoms with Gasteiger partial charge in [0.05, 0.1) is 6.10 Å². The van der Waals surface area contributed by atoms with Gasteiger partial charge in [0.1, 0.15) is 0 Å². The number of methoxy groups -OCH3 is 1. The molecule has 2 bridgehead atoms. The molecule has 1 aliphatic carbocycles. The van der Waals surface area contributed by atoms with Gasteiger partial charge in [-0.1, -0.05) is 0 Å². The maximum atomic E-state index is 5.46. The molecule has 0 N–H and O–H groups in total. The molecule has 3 unspecified atom stereocenters. The Morgan fingerprint density at radius 1 is 1.08 bits per heavy atom. The van der Waals surface area contributed by atoms with E-state index in [0.717, 1.165) is 23.9 Å². The molecule has 0 radical (unpaired) electrons. The van der Waals surface area contributed by atoms with Gasteiger partial charge in [0, 0.05) is 19.2 Å². The van der Waals surface area contributed by atoms with Crippen LogP contribution in [-0.4, -0.2) is 37.2 Å². The van der Waals surface area contributed by atoms with Crippen molar-refractivity contribution in [3.05, 3.63) is 0 Å². The van der Waals surface area contributed by atoms with E-state index in [1.54, 1.807) is 0 Å². The summed E-state index contributed by atoms with van der Waals surface area (Å²) < 4.78 is 5.46. The maximum Gasteiger partial charge on any atom is 0.0601 e. The van der Waals surface area contributed by atoms with Gasteiger partial charge in [0.25, 0.3) is 0 Å². The van der Waals surface area contributed by atoms with Crippen LogP contribution in [0, 0.1) is 11.8 Å². The van der Waals surface area contributed by atoms with E-state index in [-0.39, 0.29) is 0 Å². The Bertz CT molecular complexity index is 188. The van der Waals surface area contributed by atoms with Gasteiger partial charge in [-0.3, -0.25) is 4.90 Å². The summed E-state index contributed by atoms with van der Waals surface area (Å²) in [6, 6.07) is 1.72. The van der Waals surface area contributed by atoms with Gasteiger partial charge in [0.15, 0.2) is 0 Å². The Kier molecular flexibility index (Phi) is 1.37. The Morgan fingerprint density at radius 2 is 1.67 bits per heavy atom. The third kappa shape index (κ3) is 0.775. The fraction of sp³-hybridized carbons (Fsp3) is 1.00. The third-order valence-electron chi connectivity index (χ3n) is 4.27. The Hall–Kier alpha value is -0.0800. The molecule has 3 fully saturated rings. The summed E-state index contributed by atoms with van der Waals surface area (Å²) in [5, 5.41) is 0. The highest BCUT2D eigenvalue weighted by Gasteiger charge is 2.60. The van der Waals surface area contributed by atoms with Gasteiger partial charge in [-0.15, -0.1) is 0 Å². The first-order valence-electron chi connectivity index (χ1n) is 5.06. The van der Waals surface area contributed by atoms with Crippen LogP contribution in [0.4, 0.5) is 0 Å². The molecule has 12 heavy (non-hydrogen) atoms. The van der Waals surface area contributed by atoms with Crippen LogP contribution >= 0.6 is 0 Å². The van der Waals surface area contributed by atoms with E-state index in [0.29, 0.717) is 6.10 Å². The number of hydrogen-bond donors (Lipinski definition) is 0. The fourth-order valence-corrected chi connectivity index (χ4v) is 3.48. The van der Waals surface area contributed by atoms with Crippen LogP contribution < -0.4 is 0 Å². The Labute approximate surface area is 73.9 Å². The number of piperidine rings is 2. The number of hydrogen-bond acceptors (Lipinski definition) is 2. The number of ether oxygens (including phenoxy) is 1. The van der Waals surface area contributed by atoms with Gasteiger partial charge < -0.3 is 4.74 Å². The first kappa shape index (κ1) is 7.34. The molecule has 0 aromatic rings. The largest absolute Gasteiger partial charge is 0.381 e. The van der Waals surface area contributed by atoms with Crippen LogP contribution in [0.1, 0.15) is 19.3 Å². The highest BCUT2D eigenvalue weighted by atomic mass is 16.5. The van der Waals surface area contributed by atoms with E-state index in [1.165, 1.54) is 19.3 Å². The summed E-state index contributed by atoms with van der Waals surface area (Å²) in [6.07, 6.45) is 4.63. The minimum atomic E-state index is 0.559. The topological polar surface area (TPSA) is 12.5 Å². The third-order valence-corrected chi connectivity index (χ3v) is 4.27. The van der Waals surface area contributed by atoms with E-state index in [4.69, 9.17) is 4.74 Å². The lowest BCUT2D eigenvalue weighted by molar-refractivity contribution is 0.00301. The zero-order valence-corrected chi connectivity index (χ0v) is 7.86. The molecule has 2 aliphatic heterocycles. The fourth-order valence-electron chi connectivity index (χ4n) is 3.48. The first-order valence-corrected chi connectivity index (χ1v) is 5.06. The minimum absolute atomic E-state index is 0.559. The molecule has 0 aromatic carbocycles. The molecule has 3 aliphatic rings. The molecule has 2 heterocycles. The molecule has 2 heteroatoms. The standard InChI is InChI=1S/C10H17NO/c1-11-9-3-6(12-2)4-10(11)8-5-7(8)9/h6-10H,3-5H2,1-2H3/t6?,7-,8+,9?,10?. The average Bonchev–Trinajstić information content (AvgIpc) is 2.79. The average molecular weight is 167 g/mol. The van der Waals surface area contributed by atoms with Gasteiger partial charge in [-0.05, 0) is 38.1 Å². The van der Waals surface area contributed by atoms with Crippen molar-refractivity contribution < 1.29 is 4.74 Å². The molecular weight excluding hydrogens is 150 g/mol. The van der Waals surface area contributed by atoms with Crippen molar-refractivity contribution in [2.75, 3.05) is 14.2 Å². The Balaban J connectivity index is 1.82. The van der Waals surface area contributed by atoms with E-state index >= 15 is 0 Å². The Morgan fingerprint density at radius 3 is 2.17 bits per heavy atom. The lowest BCUT2D eigenvalue weighted by Gasteiger charge is -2.38. The molecule has 5 atom stereocenters. The number of nitrogens with zero attached hydrogens (tertiary/aromatic N) is 1. The van der Waals surface area contributed by atoms with Crippen molar-refractivity contribution in [3.63, 3.8) is 0 Å². The van der Waals surface area contributed by atoms with Crippen molar-refractivity contribution in [1.29, 1.82) is 0 Å².